The summed E-state index contributed by atoms with van der Waals surface area (Å²) in [5, 5.41) is 2.96. The maximum Gasteiger partial charge on any atom is 0.253 e. The fraction of sp³-hybridized carbons (Fsp3) is 0.500. The van der Waals surface area contributed by atoms with Gasteiger partial charge in [0, 0.05) is 11.4 Å². The highest BCUT2D eigenvalue weighted by atomic mass is 79.9. The van der Waals surface area contributed by atoms with E-state index in [9.17, 15) is 4.79 Å². The van der Waals surface area contributed by atoms with Crippen molar-refractivity contribution in [2.45, 2.75) is 25.8 Å². The molecule has 0 aliphatic carbocycles. The van der Waals surface area contributed by atoms with E-state index in [0.29, 0.717) is 11.4 Å². The summed E-state index contributed by atoms with van der Waals surface area (Å²) in [6.45, 7) is 3.92. The van der Waals surface area contributed by atoms with Gasteiger partial charge in [-0.2, -0.15) is 0 Å². The number of thiophene rings is 1. The zero-order chi connectivity index (χ0) is 12.3. The third-order valence-corrected chi connectivity index (χ3v) is 4.60. The van der Waals surface area contributed by atoms with Crippen molar-refractivity contribution in [3.05, 3.63) is 19.2 Å². The first kappa shape index (κ1) is 14.5. The smallest absolute Gasteiger partial charge is 0.253 e. The van der Waals surface area contributed by atoms with Crippen molar-refractivity contribution in [2.75, 3.05) is 5.88 Å². The topological polar surface area (TPSA) is 29.1 Å². The molecule has 0 unspecified atom stereocenters. The average molecular weight is 390 g/mol. The number of hydrogen-bond donors (Lipinski definition) is 1. The lowest BCUT2D eigenvalue weighted by molar-refractivity contribution is 0.0911. The molecule has 0 saturated heterocycles. The molecule has 90 valence electrons. The molecule has 1 N–H and O–H groups in total. The Bertz CT molecular complexity index is 392. The molecule has 0 atom stereocenters. The maximum absolute atomic E-state index is 12.0. The van der Waals surface area contributed by atoms with Crippen LogP contribution >= 0.6 is 54.8 Å². The number of hydrogen-bond acceptors (Lipinski definition) is 2. The molecule has 1 rings (SSSR count). The predicted octanol–water partition coefficient (Wildman–Crippen LogP) is 4.41. The normalized spacial score (nSPS) is 11.6. The molecule has 0 radical (unpaired) electrons. The molecule has 0 aromatic carbocycles. The minimum absolute atomic E-state index is 0.0797. The predicted molar refractivity (Wildman–Crippen MR) is 76.6 cm³/mol. The Morgan fingerprint density at radius 3 is 2.62 bits per heavy atom. The number of nitrogens with one attached hydrogen (secondary N) is 1. The summed E-state index contributed by atoms with van der Waals surface area (Å²) in [5.74, 6) is 0.450. The first-order valence-electron chi connectivity index (χ1n) is 4.69. The van der Waals surface area contributed by atoms with Gasteiger partial charge in [-0.1, -0.05) is 0 Å². The maximum atomic E-state index is 12.0. The minimum atomic E-state index is -0.285. The summed E-state index contributed by atoms with van der Waals surface area (Å²) < 4.78 is 1.76. The summed E-state index contributed by atoms with van der Waals surface area (Å²) in [4.78, 5) is 12.0. The lowest BCUT2D eigenvalue weighted by Crippen LogP contribution is -2.43. The van der Waals surface area contributed by atoms with Crippen LogP contribution in [0.15, 0.2) is 13.6 Å². The Morgan fingerprint density at radius 1 is 1.56 bits per heavy atom. The van der Waals surface area contributed by atoms with E-state index in [1.54, 1.807) is 6.07 Å². The molecule has 1 amide bonds. The first-order valence-corrected chi connectivity index (χ1v) is 7.63. The summed E-state index contributed by atoms with van der Waals surface area (Å²) in [7, 11) is 0. The number of carbonyl (C=O) groups excluding carboxylic acids is 1. The number of carbonyl (C=O) groups is 1. The Morgan fingerprint density at radius 2 is 2.19 bits per heavy atom. The Balaban J connectivity index is 2.76. The van der Waals surface area contributed by atoms with Crippen molar-refractivity contribution in [3.63, 3.8) is 0 Å². The fourth-order valence-corrected chi connectivity index (χ4v) is 4.43. The van der Waals surface area contributed by atoms with Gasteiger partial charge in [-0.05, 0) is 58.2 Å². The Hall–Kier alpha value is 0.420. The summed E-state index contributed by atoms with van der Waals surface area (Å²) in [6, 6.07) is 1.81. The minimum Gasteiger partial charge on any atom is -0.347 e. The molecule has 1 heterocycles. The lowest BCUT2D eigenvalue weighted by Gasteiger charge is -2.25. The van der Waals surface area contributed by atoms with E-state index in [-0.39, 0.29) is 11.4 Å². The van der Waals surface area contributed by atoms with Crippen LogP contribution in [0.4, 0.5) is 0 Å². The van der Waals surface area contributed by atoms with Crippen LogP contribution in [-0.4, -0.2) is 17.3 Å². The molecule has 1 aromatic heterocycles. The van der Waals surface area contributed by atoms with Crippen LogP contribution < -0.4 is 5.32 Å². The highest BCUT2D eigenvalue weighted by Crippen LogP contribution is 2.32. The van der Waals surface area contributed by atoms with Gasteiger partial charge in [-0.25, -0.2) is 0 Å². The second kappa shape index (κ2) is 5.85. The van der Waals surface area contributed by atoms with Gasteiger partial charge in [0.15, 0.2) is 0 Å². The van der Waals surface area contributed by atoms with Gasteiger partial charge in [0.2, 0.25) is 0 Å². The van der Waals surface area contributed by atoms with Crippen molar-refractivity contribution in [1.29, 1.82) is 0 Å². The molecule has 0 fully saturated rings. The second-order valence-electron chi connectivity index (χ2n) is 4.01. The number of amides is 1. The highest BCUT2D eigenvalue weighted by molar-refractivity contribution is 9.12. The summed E-state index contributed by atoms with van der Waals surface area (Å²) >= 11 is 13.9. The van der Waals surface area contributed by atoms with E-state index < -0.39 is 0 Å². The molecule has 0 aliphatic rings. The zero-order valence-electron chi connectivity index (χ0n) is 8.94. The Kier molecular flexibility index (Phi) is 5.29. The van der Waals surface area contributed by atoms with Crippen molar-refractivity contribution in [1.82, 2.24) is 5.32 Å². The van der Waals surface area contributed by atoms with Gasteiger partial charge in [0.25, 0.3) is 5.91 Å². The van der Waals surface area contributed by atoms with E-state index in [0.717, 1.165) is 14.0 Å². The first-order chi connectivity index (χ1) is 7.35. The SMILES string of the molecule is CC(C)(CCCl)NC(=O)c1cc(Br)sc1Br. The fourth-order valence-electron chi connectivity index (χ4n) is 1.17. The van der Waals surface area contributed by atoms with Crippen molar-refractivity contribution in [2.24, 2.45) is 0 Å². The van der Waals surface area contributed by atoms with Crippen LogP contribution in [0.3, 0.4) is 0 Å². The van der Waals surface area contributed by atoms with Crippen molar-refractivity contribution in [3.8, 4) is 0 Å². The molecule has 6 heteroatoms. The largest absolute Gasteiger partial charge is 0.347 e. The lowest BCUT2D eigenvalue weighted by atomic mass is 10.0. The van der Waals surface area contributed by atoms with Gasteiger partial charge < -0.3 is 5.32 Å². The third-order valence-electron chi connectivity index (χ3n) is 2.07. The average Bonchev–Trinajstić information content (AvgIpc) is 2.44. The summed E-state index contributed by atoms with van der Waals surface area (Å²) in [5.41, 5.74) is 0.367. The van der Waals surface area contributed by atoms with E-state index in [1.807, 2.05) is 13.8 Å². The van der Waals surface area contributed by atoms with E-state index in [1.165, 1.54) is 11.3 Å². The van der Waals surface area contributed by atoms with Gasteiger partial charge in [0.1, 0.15) is 0 Å². The van der Waals surface area contributed by atoms with Gasteiger partial charge in [-0.15, -0.1) is 22.9 Å². The number of halogens is 3. The Labute approximate surface area is 121 Å². The van der Waals surface area contributed by atoms with Crippen LogP contribution in [0.25, 0.3) is 0 Å². The molecule has 1 aromatic rings. The highest BCUT2D eigenvalue weighted by Gasteiger charge is 2.22. The van der Waals surface area contributed by atoms with E-state index in [2.05, 4.69) is 37.2 Å². The molecule has 0 aliphatic heterocycles. The van der Waals surface area contributed by atoms with E-state index in [4.69, 9.17) is 11.6 Å². The van der Waals surface area contributed by atoms with Crippen molar-refractivity contribution < 1.29 is 4.79 Å². The second-order valence-corrected chi connectivity index (χ2v) is 8.14. The molecule has 0 bridgehead atoms. The molecule has 0 spiro atoms. The molecular weight excluding hydrogens is 377 g/mol. The third kappa shape index (κ3) is 4.02. The molecule has 2 nitrogen and oxygen atoms in total. The van der Waals surface area contributed by atoms with Gasteiger partial charge in [-0.3, -0.25) is 4.79 Å². The number of alkyl halides is 1. The van der Waals surface area contributed by atoms with Crippen molar-refractivity contribution >= 4 is 60.7 Å². The number of rotatable bonds is 4. The summed E-state index contributed by atoms with van der Waals surface area (Å²) in [6.07, 6.45) is 0.739. The molecule has 16 heavy (non-hydrogen) atoms. The van der Waals surface area contributed by atoms with Gasteiger partial charge in [0.05, 0.1) is 13.1 Å². The van der Waals surface area contributed by atoms with Crippen LogP contribution in [-0.2, 0) is 0 Å². The van der Waals surface area contributed by atoms with Crippen LogP contribution in [0, 0.1) is 0 Å². The van der Waals surface area contributed by atoms with Crippen LogP contribution in [0.2, 0.25) is 0 Å². The van der Waals surface area contributed by atoms with Crippen LogP contribution in [0.1, 0.15) is 30.6 Å². The van der Waals surface area contributed by atoms with Gasteiger partial charge >= 0.3 is 0 Å². The quantitative estimate of drug-likeness (QED) is 0.760. The molecular formula is C10H12Br2ClNOS. The standard InChI is InChI=1S/C10H12Br2ClNOS/c1-10(2,3-4-13)14-9(15)6-5-7(11)16-8(6)12/h5H,3-4H2,1-2H3,(H,14,15). The monoisotopic (exact) mass is 387 g/mol. The zero-order valence-corrected chi connectivity index (χ0v) is 13.7. The van der Waals surface area contributed by atoms with E-state index >= 15 is 0 Å². The van der Waals surface area contributed by atoms with Crippen LogP contribution in [0.5, 0.6) is 0 Å². The molecule has 0 saturated carbocycles.